The summed E-state index contributed by atoms with van der Waals surface area (Å²) >= 11 is 0. The number of hydrogen-bond donors (Lipinski definition) is 0. The second-order valence-electron chi connectivity index (χ2n) is 5.27. The van der Waals surface area contributed by atoms with Crippen LogP contribution in [-0.2, 0) is 4.74 Å². The quantitative estimate of drug-likeness (QED) is 0.801. The normalized spacial score (nSPS) is 23.6. The number of nitrogens with zero attached hydrogens (tertiary/aromatic N) is 1. The Morgan fingerprint density at radius 2 is 1.80 bits per heavy atom. The Morgan fingerprint density at radius 1 is 1.15 bits per heavy atom. The van der Waals surface area contributed by atoms with Gasteiger partial charge in [0.15, 0.2) is 0 Å². The number of benzene rings is 1. The van der Waals surface area contributed by atoms with Crippen LogP contribution >= 0.6 is 0 Å². The highest BCUT2D eigenvalue weighted by Crippen LogP contribution is 2.19. The second kappa shape index (κ2) is 7.50. The van der Waals surface area contributed by atoms with Crippen LogP contribution in [0, 0.1) is 0 Å². The van der Waals surface area contributed by atoms with E-state index < -0.39 is 0 Å². The van der Waals surface area contributed by atoms with E-state index in [2.05, 4.69) is 18.7 Å². The molecule has 0 radical (unpaired) electrons. The third-order valence-corrected chi connectivity index (χ3v) is 3.29. The fourth-order valence-corrected chi connectivity index (χ4v) is 2.58. The maximum Gasteiger partial charge on any atom is 0.123 e. The van der Waals surface area contributed by atoms with E-state index in [0.717, 1.165) is 31.1 Å². The highest BCUT2D eigenvalue weighted by molar-refractivity contribution is 5.32. The van der Waals surface area contributed by atoms with Gasteiger partial charge in [-0.3, -0.25) is 4.90 Å². The number of morpholine rings is 1. The van der Waals surface area contributed by atoms with E-state index in [0.29, 0.717) is 25.4 Å². The van der Waals surface area contributed by atoms with Gasteiger partial charge in [0.1, 0.15) is 18.1 Å². The molecule has 0 amide bonds. The Balaban J connectivity index is 1.76. The summed E-state index contributed by atoms with van der Waals surface area (Å²) in [6, 6.07) is 7.81. The van der Waals surface area contributed by atoms with Gasteiger partial charge in [-0.05, 0) is 32.9 Å². The minimum absolute atomic E-state index is 0.306. The standard InChI is InChI=1S/C16H25NO3/c1-4-18-15-6-5-7-16(10-15)19-9-8-17-11-13(2)20-14(3)12-17/h5-7,10,13-14H,4,8-9,11-12H2,1-3H3. The maximum absolute atomic E-state index is 5.80. The molecule has 0 N–H and O–H groups in total. The van der Waals surface area contributed by atoms with Crippen molar-refractivity contribution in [3.8, 4) is 11.5 Å². The van der Waals surface area contributed by atoms with Gasteiger partial charge in [-0.25, -0.2) is 0 Å². The summed E-state index contributed by atoms with van der Waals surface area (Å²) in [4.78, 5) is 2.39. The molecule has 1 heterocycles. The molecule has 4 heteroatoms. The lowest BCUT2D eigenvalue weighted by Gasteiger charge is -2.35. The maximum atomic E-state index is 5.80. The predicted octanol–water partition coefficient (Wildman–Crippen LogP) is 2.57. The first-order chi connectivity index (χ1) is 9.67. The van der Waals surface area contributed by atoms with Crippen molar-refractivity contribution >= 4 is 0 Å². The largest absolute Gasteiger partial charge is 0.494 e. The van der Waals surface area contributed by atoms with Crippen LogP contribution < -0.4 is 9.47 Å². The number of rotatable bonds is 6. The zero-order valence-corrected chi connectivity index (χ0v) is 12.7. The summed E-state index contributed by atoms with van der Waals surface area (Å²) in [7, 11) is 0. The van der Waals surface area contributed by atoms with Crippen LogP contribution in [0.25, 0.3) is 0 Å². The van der Waals surface area contributed by atoms with Gasteiger partial charge in [-0.15, -0.1) is 0 Å². The first kappa shape index (κ1) is 15.1. The molecule has 1 saturated heterocycles. The monoisotopic (exact) mass is 279 g/mol. The van der Waals surface area contributed by atoms with Crippen molar-refractivity contribution in [3.05, 3.63) is 24.3 Å². The summed E-state index contributed by atoms with van der Waals surface area (Å²) < 4.78 is 17.0. The van der Waals surface area contributed by atoms with Gasteiger partial charge < -0.3 is 14.2 Å². The fraction of sp³-hybridized carbons (Fsp3) is 0.625. The van der Waals surface area contributed by atoms with Crippen LogP contribution in [-0.4, -0.2) is 50.0 Å². The number of hydrogen-bond acceptors (Lipinski definition) is 4. The molecule has 0 aliphatic carbocycles. The van der Waals surface area contributed by atoms with Crippen LogP contribution in [0.5, 0.6) is 11.5 Å². The summed E-state index contributed by atoms with van der Waals surface area (Å²) in [5.74, 6) is 1.73. The van der Waals surface area contributed by atoms with E-state index in [4.69, 9.17) is 14.2 Å². The van der Waals surface area contributed by atoms with Gasteiger partial charge in [-0.1, -0.05) is 6.07 Å². The van der Waals surface area contributed by atoms with Crippen molar-refractivity contribution in [1.29, 1.82) is 0 Å². The lowest BCUT2D eigenvalue weighted by molar-refractivity contribution is -0.0699. The van der Waals surface area contributed by atoms with Crippen molar-refractivity contribution in [2.45, 2.75) is 33.0 Å². The van der Waals surface area contributed by atoms with Crippen molar-refractivity contribution in [2.24, 2.45) is 0 Å². The van der Waals surface area contributed by atoms with Gasteiger partial charge in [0.25, 0.3) is 0 Å². The predicted molar refractivity (Wildman–Crippen MR) is 79.6 cm³/mol. The molecule has 1 aliphatic rings. The average molecular weight is 279 g/mol. The topological polar surface area (TPSA) is 30.9 Å². The molecule has 1 aliphatic heterocycles. The van der Waals surface area contributed by atoms with Crippen LogP contribution in [0.2, 0.25) is 0 Å². The van der Waals surface area contributed by atoms with Gasteiger partial charge in [-0.2, -0.15) is 0 Å². The molecule has 1 aromatic carbocycles. The third kappa shape index (κ3) is 4.69. The molecule has 0 aromatic heterocycles. The molecule has 0 bridgehead atoms. The SMILES string of the molecule is CCOc1cccc(OCCN2CC(C)OC(C)C2)c1. The average Bonchev–Trinajstić information content (AvgIpc) is 2.38. The molecular weight excluding hydrogens is 254 g/mol. The van der Waals surface area contributed by atoms with Gasteiger partial charge in [0.05, 0.1) is 18.8 Å². The van der Waals surface area contributed by atoms with Crippen LogP contribution in [0.1, 0.15) is 20.8 Å². The smallest absolute Gasteiger partial charge is 0.123 e. The molecule has 0 saturated carbocycles. The van der Waals surface area contributed by atoms with Crippen LogP contribution in [0.3, 0.4) is 0 Å². The van der Waals surface area contributed by atoms with Crippen molar-refractivity contribution in [2.75, 3.05) is 32.8 Å². The summed E-state index contributed by atoms with van der Waals surface area (Å²) in [5, 5.41) is 0. The third-order valence-electron chi connectivity index (χ3n) is 3.29. The highest BCUT2D eigenvalue weighted by atomic mass is 16.5. The molecule has 1 aromatic rings. The molecule has 2 atom stereocenters. The van der Waals surface area contributed by atoms with Crippen molar-refractivity contribution in [3.63, 3.8) is 0 Å². The Morgan fingerprint density at radius 3 is 2.45 bits per heavy atom. The molecular formula is C16H25NO3. The Hall–Kier alpha value is -1.26. The first-order valence-electron chi connectivity index (χ1n) is 7.41. The van der Waals surface area contributed by atoms with E-state index in [1.807, 2.05) is 31.2 Å². The Kier molecular flexibility index (Phi) is 5.68. The zero-order valence-electron chi connectivity index (χ0n) is 12.7. The summed E-state index contributed by atoms with van der Waals surface area (Å²) in [5.41, 5.74) is 0. The lowest BCUT2D eigenvalue weighted by Crippen LogP contribution is -2.46. The second-order valence-corrected chi connectivity index (χ2v) is 5.27. The highest BCUT2D eigenvalue weighted by Gasteiger charge is 2.21. The van der Waals surface area contributed by atoms with E-state index in [-0.39, 0.29) is 0 Å². The molecule has 20 heavy (non-hydrogen) atoms. The molecule has 1 fully saturated rings. The molecule has 112 valence electrons. The Labute approximate surface area is 121 Å². The summed E-state index contributed by atoms with van der Waals surface area (Å²) in [6.07, 6.45) is 0.611. The van der Waals surface area contributed by atoms with Gasteiger partial charge >= 0.3 is 0 Å². The Bertz CT molecular complexity index is 400. The van der Waals surface area contributed by atoms with Crippen molar-refractivity contribution in [1.82, 2.24) is 4.90 Å². The van der Waals surface area contributed by atoms with Gasteiger partial charge in [0, 0.05) is 25.7 Å². The first-order valence-corrected chi connectivity index (χ1v) is 7.41. The minimum Gasteiger partial charge on any atom is -0.494 e. The van der Waals surface area contributed by atoms with Gasteiger partial charge in [0.2, 0.25) is 0 Å². The lowest BCUT2D eigenvalue weighted by atomic mass is 10.2. The molecule has 0 spiro atoms. The number of ether oxygens (including phenoxy) is 3. The molecule has 2 rings (SSSR count). The van der Waals surface area contributed by atoms with Crippen LogP contribution in [0.15, 0.2) is 24.3 Å². The zero-order chi connectivity index (χ0) is 14.4. The summed E-state index contributed by atoms with van der Waals surface area (Å²) in [6.45, 7) is 10.5. The van der Waals surface area contributed by atoms with E-state index in [1.165, 1.54) is 0 Å². The fourth-order valence-electron chi connectivity index (χ4n) is 2.58. The van der Waals surface area contributed by atoms with Crippen molar-refractivity contribution < 1.29 is 14.2 Å². The molecule has 4 nitrogen and oxygen atoms in total. The van der Waals surface area contributed by atoms with Crippen LogP contribution in [0.4, 0.5) is 0 Å². The molecule has 2 unspecified atom stereocenters. The van der Waals surface area contributed by atoms with E-state index in [1.54, 1.807) is 0 Å². The van der Waals surface area contributed by atoms with E-state index in [9.17, 15) is 0 Å². The minimum atomic E-state index is 0.306. The van der Waals surface area contributed by atoms with E-state index >= 15 is 0 Å².